The number of hydrogen-bond acceptors (Lipinski definition) is 6. The van der Waals surface area contributed by atoms with Gasteiger partial charge >= 0.3 is 12.1 Å². The molecule has 0 unspecified atom stereocenters. The molecule has 34 heavy (non-hydrogen) atoms. The molecule has 0 radical (unpaired) electrons. The summed E-state index contributed by atoms with van der Waals surface area (Å²) < 4.78 is 11.3. The van der Waals surface area contributed by atoms with Gasteiger partial charge < -0.3 is 29.6 Å². The fourth-order valence-corrected chi connectivity index (χ4v) is 4.72. The smallest absolute Gasteiger partial charge is 0.322 e. The lowest BCUT2D eigenvalue weighted by molar-refractivity contribution is -0.125. The van der Waals surface area contributed by atoms with Gasteiger partial charge in [-0.15, -0.1) is 0 Å². The van der Waals surface area contributed by atoms with Gasteiger partial charge in [0.2, 0.25) is 0 Å². The van der Waals surface area contributed by atoms with Crippen LogP contribution in [0.3, 0.4) is 0 Å². The summed E-state index contributed by atoms with van der Waals surface area (Å²) in [6, 6.07) is 6.12. The number of fused-ring (bicyclic) bond motifs is 2. The number of furan rings is 1. The molecule has 1 fully saturated rings. The number of amides is 6. The highest BCUT2D eigenvalue weighted by molar-refractivity contribution is 6.08. The van der Waals surface area contributed by atoms with Crippen LogP contribution in [0.4, 0.5) is 9.59 Å². The van der Waals surface area contributed by atoms with Gasteiger partial charge in [-0.1, -0.05) is 6.07 Å². The number of imide groups is 1. The number of carbonyl (C=O) groups is 4. The Balaban J connectivity index is 1.45. The minimum atomic E-state index is -1.58. The van der Waals surface area contributed by atoms with E-state index >= 15 is 0 Å². The summed E-state index contributed by atoms with van der Waals surface area (Å²) in [7, 11) is 1.53. The highest BCUT2D eigenvalue weighted by Crippen LogP contribution is 2.35. The van der Waals surface area contributed by atoms with Gasteiger partial charge in [0.15, 0.2) is 5.54 Å². The normalized spacial score (nSPS) is 21.2. The Morgan fingerprint density at radius 2 is 2.03 bits per heavy atom. The quantitative estimate of drug-likeness (QED) is 0.564. The van der Waals surface area contributed by atoms with Gasteiger partial charge in [0.25, 0.3) is 11.8 Å². The number of methoxy groups -OCH3 is 1. The van der Waals surface area contributed by atoms with E-state index in [-0.39, 0.29) is 30.8 Å². The molecule has 0 saturated carbocycles. The van der Waals surface area contributed by atoms with Crippen LogP contribution in [0.2, 0.25) is 0 Å². The summed E-state index contributed by atoms with van der Waals surface area (Å²) in [6.07, 6.45) is 0.478. The van der Waals surface area contributed by atoms with Gasteiger partial charge in [-0.25, -0.2) is 9.59 Å². The fourth-order valence-electron chi connectivity index (χ4n) is 4.72. The van der Waals surface area contributed by atoms with Crippen molar-refractivity contribution >= 4 is 23.9 Å². The van der Waals surface area contributed by atoms with Crippen LogP contribution in [0.5, 0.6) is 5.75 Å². The lowest BCUT2D eigenvalue weighted by Gasteiger charge is -2.29. The molecule has 1 atom stereocenters. The van der Waals surface area contributed by atoms with E-state index < -0.39 is 17.5 Å². The van der Waals surface area contributed by atoms with E-state index in [4.69, 9.17) is 9.15 Å². The molecule has 0 spiro atoms. The van der Waals surface area contributed by atoms with Crippen molar-refractivity contribution < 1.29 is 28.3 Å². The molecule has 0 bridgehead atoms. The van der Waals surface area contributed by atoms with E-state index in [0.717, 1.165) is 11.1 Å². The third-order valence-electron chi connectivity index (χ3n) is 6.47. The summed E-state index contributed by atoms with van der Waals surface area (Å²) in [5, 5.41) is 7.75. The number of nitrogens with one attached hydrogen (secondary N) is 3. The van der Waals surface area contributed by atoms with Crippen LogP contribution in [0.15, 0.2) is 28.7 Å². The molecule has 1 aromatic heterocycles. The summed E-state index contributed by atoms with van der Waals surface area (Å²) in [6.45, 7) is 3.35. The summed E-state index contributed by atoms with van der Waals surface area (Å²) in [5.41, 5.74) is 0.492. The number of ether oxygens (including phenoxy) is 1. The first-order valence-corrected chi connectivity index (χ1v) is 11.1. The molecule has 11 heteroatoms. The molecular formula is C23H25N5O6. The van der Waals surface area contributed by atoms with E-state index in [2.05, 4.69) is 16.0 Å². The van der Waals surface area contributed by atoms with Gasteiger partial charge in [-0.3, -0.25) is 14.9 Å². The van der Waals surface area contributed by atoms with Gasteiger partial charge in [-0.2, -0.15) is 0 Å². The topological polar surface area (TPSA) is 133 Å². The van der Waals surface area contributed by atoms with Gasteiger partial charge in [0.05, 0.1) is 20.2 Å². The average Bonchev–Trinajstić information content (AvgIpc) is 3.47. The number of nitrogens with zero attached hydrogens (tertiary/aromatic N) is 2. The second-order valence-electron chi connectivity index (χ2n) is 8.56. The summed E-state index contributed by atoms with van der Waals surface area (Å²) in [4.78, 5) is 53.8. The molecular weight excluding hydrogens is 442 g/mol. The SMILES string of the molecule is CCNC(=O)N1CCc2oc([C@]3(CN4Cc5ccc(OC)cc5C4=O)NC(=O)NC3=O)cc2C1. The summed E-state index contributed by atoms with van der Waals surface area (Å²) in [5.74, 6) is 0.599. The first kappa shape index (κ1) is 21.8. The predicted octanol–water partition coefficient (Wildman–Crippen LogP) is 1.07. The van der Waals surface area contributed by atoms with Crippen LogP contribution in [-0.2, 0) is 29.8 Å². The molecule has 1 saturated heterocycles. The number of carbonyl (C=O) groups excluding carboxylic acids is 4. The number of urea groups is 2. The molecule has 3 aliphatic heterocycles. The highest BCUT2D eigenvalue weighted by atomic mass is 16.5. The van der Waals surface area contributed by atoms with Crippen molar-refractivity contribution in [2.45, 2.75) is 32.0 Å². The predicted molar refractivity (Wildman–Crippen MR) is 118 cm³/mol. The number of hydrogen-bond donors (Lipinski definition) is 3. The first-order chi connectivity index (χ1) is 16.3. The largest absolute Gasteiger partial charge is 0.497 e. The monoisotopic (exact) mass is 467 g/mol. The highest BCUT2D eigenvalue weighted by Gasteiger charge is 2.53. The Hall–Kier alpha value is -4.02. The lowest BCUT2D eigenvalue weighted by Crippen LogP contribution is -2.52. The van der Waals surface area contributed by atoms with Crippen LogP contribution in [0, 0.1) is 0 Å². The molecule has 3 N–H and O–H groups in total. The van der Waals surface area contributed by atoms with E-state index in [9.17, 15) is 19.2 Å². The van der Waals surface area contributed by atoms with Gasteiger partial charge in [-0.05, 0) is 30.7 Å². The zero-order chi connectivity index (χ0) is 24.0. The number of benzene rings is 1. The minimum absolute atomic E-state index is 0.104. The maximum atomic E-state index is 13.1. The van der Waals surface area contributed by atoms with Gasteiger partial charge in [0, 0.05) is 37.2 Å². The van der Waals surface area contributed by atoms with Crippen molar-refractivity contribution in [3.63, 3.8) is 0 Å². The molecule has 4 heterocycles. The molecule has 178 valence electrons. The summed E-state index contributed by atoms with van der Waals surface area (Å²) >= 11 is 0. The second kappa shape index (κ2) is 8.08. The lowest BCUT2D eigenvalue weighted by atomic mass is 9.94. The Bertz CT molecular complexity index is 1210. The third-order valence-corrected chi connectivity index (χ3v) is 6.47. The molecule has 6 amide bonds. The zero-order valence-electron chi connectivity index (χ0n) is 18.9. The van der Waals surface area contributed by atoms with E-state index in [1.165, 1.54) is 12.0 Å². The van der Waals surface area contributed by atoms with Crippen molar-refractivity contribution in [3.8, 4) is 5.75 Å². The van der Waals surface area contributed by atoms with Crippen molar-refractivity contribution in [2.24, 2.45) is 0 Å². The van der Waals surface area contributed by atoms with Crippen LogP contribution < -0.4 is 20.7 Å². The van der Waals surface area contributed by atoms with Crippen molar-refractivity contribution in [2.75, 3.05) is 26.7 Å². The molecule has 5 rings (SSSR count). The fraction of sp³-hybridized carbons (Fsp3) is 0.391. The minimum Gasteiger partial charge on any atom is -0.497 e. The molecule has 2 aromatic rings. The average molecular weight is 467 g/mol. The van der Waals surface area contributed by atoms with Crippen molar-refractivity contribution in [1.29, 1.82) is 0 Å². The van der Waals surface area contributed by atoms with Crippen LogP contribution >= 0.6 is 0 Å². The van der Waals surface area contributed by atoms with Crippen LogP contribution in [0.25, 0.3) is 0 Å². The molecule has 1 aromatic carbocycles. The number of rotatable bonds is 5. The Morgan fingerprint density at radius 1 is 1.21 bits per heavy atom. The molecule has 0 aliphatic carbocycles. The molecule has 3 aliphatic rings. The maximum Gasteiger partial charge on any atom is 0.322 e. The van der Waals surface area contributed by atoms with Gasteiger partial charge in [0.1, 0.15) is 17.3 Å². The maximum absolute atomic E-state index is 13.1. The third kappa shape index (κ3) is 3.44. The van der Waals surface area contributed by atoms with E-state index in [0.29, 0.717) is 43.1 Å². The second-order valence-corrected chi connectivity index (χ2v) is 8.56. The molecule has 11 nitrogen and oxygen atoms in total. The zero-order valence-corrected chi connectivity index (χ0v) is 18.9. The van der Waals surface area contributed by atoms with E-state index in [1.54, 1.807) is 23.1 Å². The van der Waals surface area contributed by atoms with Crippen LogP contribution in [0.1, 0.15) is 39.9 Å². The van der Waals surface area contributed by atoms with Crippen molar-refractivity contribution in [1.82, 2.24) is 25.8 Å². The first-order valence-electron chi connectivity index (χ1n) is 11.1. The van der Waals surface area contributed by atoms with E-state index in [1.807, 2.05) is 13.0 Å². The Kier molecular flexibility index (Phi) is 5.18. The Labute approximate surface area is 195 Å². The van der Waals surface area contributed by atoms with Crippen molar-refractivity contribution in [3.05, 3.63) is 52.5 Å². The van der Waals surface area contributed by atoms with Crippen LogP contribution in [-0.4, -0.2) is 60.4 Å². The Morgan fingerprint density at radius 3 is 2.74 bits per heavy atom. The standard InChI is InChI=1S/C23H25N5O6/c1-3-24-22(32)27-7-6-17-14(11-27)8-18(34-17)23(20(30)25-21(31)26-23)12-28-10-13-4-5-15(33-2)9-16(13)19(28)29/h4-5,8-9H,3,6-7,10-12H2,1-2H3,(H,24,32)(H2,25,26,30,31)/t23-/m0/s1.